The lowest BCUT2D eigenvalue weighted by Gasteiger charge is -2.23. The Labute approximate surface area is 228 Å². The summed E-state index contributed by atoms with van der Waals surface area (Å²) in [5.41, 5.74) is 5.85. The molecule has 0 heterocycles. The van der Waals surface area contributed by atoms with E-state index < -0.39 is 0 Å². The Morgan fingerprint density at radius 1 is 0.684 bits per heavy atom. The summed E-state index contributed by atoms with van der Waals surface area (Å²) in [6, 6.07) is 23.9. The minimum absolute atomic E-state index is 0.141. The number of benzene rings is 3. The zero-order valence-corrected chi connectivity index (χ0v) is 23.0. The summed E-state index contributed by atoms with van der Waals surface area (Å²) in [5.74, 6) is 6.28. The summed E-state index contributed by atoms with van der Waals surface area (Å²) in [5, 5.41) is 0. The molecule has 0 N–H and O–H groups in total. The van der Waals surface area contributed by atoms with Gasteiger partial charge < -0.3 is 9.64 Å². The topological polar surface area (TPSA) is 46.6 Å². The van der Waals surface area contributed by atoms with Crippen molar-refractivity contribution in [1.82, 2.24) is 4.90 Å². The fraction of sp³-hybridized carbons (Fsp3) is 0.353. The molecule has 0 radical (unpaired) electrons. The first kappa shape index (κ1) is 28.7. The molecular formula is C34H39NO3. The molecule has 38 heavy (non-hydrogen) atoms. The summed E-state index contributed by atoms with van der Waals surface area (Å²) >= 11 is 0. The number of esters is 1. The average molecular weight is 510 g/mol. The molecule has 3 rings (SSSR count). The quantitative estimate of drug-likeness (QED) is 0.146. The number of nitrogens with zero attached hydrogens (tertiary/aromatic N) is 1. The van der Waals surface area contributed by atoms with Gasteiger partial charge in [-0.15, -0.1) is 0 Å². The molecule has 4 nitrogen and oxygen atoms in total. The van der Waals surface area contributed by atoms with Crippen molar-refractivity contribution in [2.45, 2.75) is 71.9 Å². The van der Waals surface area contributed by atoms with Gasteiger partial charge in [-0.1, -0.05) is 81.3 Å². The van der Waals surface area contributed by atoms with Gasteiger partial charge in [-0.25, -0.2) is 4.79 Å². The third-order valence-corrected chi connectivity index (χ3v) is 6.55. The first-order chi connectivity index (χ1) is 18.5. The van der Waals surface area contributed by atoms with Crippen LogP contribution in [0.4, 0.5) is 0 Å². The lowest BCUT2D eigenvalue weighted by atomic mass is 10.1. The fourth-order valence-electron chi connectivity index (χ4n) is 4.19. The molecule has 0 aliphatic carbocycles. The zero-order valence-electron chi connectivity index (χ0n) is 23.0. The van der Waals surface area contributed by atoms with Gasteiger partial charge in [0.15, 0.2) is 0 Å². The van der Waals surface area contributed by atoms with Crippen LogP contribution in [0, 0.1) is 11.8 Å². The molecule has 0 saturated heterocycles. The van der Waals surface area contributed by atoms with Gasteiger partial charge in [0, 0.05) is 30.6 Å². The van der Waals surface area contributed by atoms with Gasteiger partial charge in [-0.2, -0.15) is 0 Å². The molecule has 0 fully saturated rings. The number of amides is 1. The molecule has 4 heteroatoms. The zero-order chi connectivity index (χ0) is 27.2. The molecule has 0 atom stereocenters. The monoisotopic (exact) mass is 509 g/mol. The van der Waals surface area contributed by atoms with Crippen LogP contribution in [0.3, 0.4) is 0 Å². The van der Waals surface area contributed by atoms with Gasteiger partial charge in [-0.05, 0) is 72.4 Å². The van der Waals surface area contributed by atoms with Crippen molar-refractivity contribution in [2.24, 2.45) is 0 Å². The Hall–Kier alpha value is -3.84. The first-order valence-electron chi connectivity index (χ1n) is 13.7. The number of aryl methyl sites for hydroxylation is 1. The highest BCUT2D eigenvalue weighted by atomic mass is 16.5. The lowest BCUT2D eigenvalue weighted by molar-refractivity contribution is -0.132. The minimum Gasteiger partial charge on any atom is -0.465 e. The SMILES string of the molecule is CCCCCC(=O)N(Cc1ccc(C#Cc2ccc(CCCC)cc2)cc1)Cc1ccc(C(=O)OC)cc1. The van der Waals surface area contributed by atoms with Gasteiger partial charge in [0.2, 0.25) is 5.91 Å². The van der Waals surface area contributed by atoms with Crippen LogP contribution in [-0.2, 0) is 29.0 Å². The number of carbonyl (C=O) groups excluding carboxylic acids is 2. The number of rotatable bonds is 12. The van der Waals surface area contributed by atoms with Crippen molar-refractivity contribution < 1.29 is 14.3 Å². The molecule has 198 valence electrons. The van der Waals surface area contributed by atoms with E-state index in [9.17, 15) is 9.59 Å². The van der Waals surface area contributed by atoms with Crippen LogP contribution in [0.1, 0.15) is 90.5 Å². The van der Waals surface area contributed by atoms with E-state index in [1.807, 2.05) is 41.3 Å². The third-order valence-electron chi connectivity index (χ3n) is 6.55. The summed E-state index contributed by atoms with van der Waals surface area (Å²) in [6.07, 6.45) is 7.07. The number of ether oxygens (including phenoxy) is 1. The smallest absolute Gasteiger partial charge is 0.337 e. The van der Waals surface area contributed by atoms with Crippen LogP contribution >= 0.6 is 0 Å². The van der Waals surface area contributed by atoms with Crippen LogP contribution in [0.5, 0.6) is 0 Å². The third kappa shape index (κ3) is 9.23. The van der Waals surface area contributed by atoms with Crippen LogP contribution in [0.25, 0.3) is 0 Å². The molecule has 0 spiro atoms. The summed E-state index contributed by atoms with van der Waals surface area (Å²) in [6.45, 7) is 5.36. The molecule has 3 aromatic carbocycles. The van der Waals surface area contributed by atoms with Crippen molar-refractivity contribution in [3.63, 3.8) is 0 Å². The second-order valence-corrected chi connectivity index (χ2v) is 9.64. The lowest BCUT2D eigenvalue weighted by Crippen LogP contribution is -2.30. The number of carbonyl (C=O) groups is 2. The van der Waals surface area contributed by atoms with Gasteiger partial charge in [0.25, 0.3) is 0 Å². The van der Waals surface area contributed by atoms with Crippen LogP contribution in [0.2, 0.25) is 0 Å². The number of hydrogen-bond acceptors (Lipinski definition) is 3. The standard InChI is InChI=1S/C34H39NO3/c1-4-6-8-10-33(36)35(26-31-21-23-32(24-22-31)34(37)38-3)25-30-19-17-29(18-20-30)16-15-28-13-11-27(12-14-28)9-7-5-2/h11-14,17-24H,4-10,25-26H2,1-3H3. The van der Waals surface area contributed by atoms with E-state index in [0.29, 0.717) is 25.1 Å². The molecule has 0 aliphatic heterocycles. The molecule has 1 amide bonds. The van der Waals surface area contributed by atoms with Gasteiger partial charge >= 0.3 is 5.97 Å². The van der Waals surface area contributed by atoms with Crippen molar-refractivity contribution in [1.29, 1.82) is 0 Å². The molecule has 3 aromatic rings. The predicted octanol–water partition coefficient (Wildman–Crippen LogP) is 7.32. The Balaban J connectivity index is 1.67. The van der Waals surface area contributed by atoms with E-state index >= 15 is 0 Å². The van der Waals surface area contributed by atoms with Crippen molar-refractivity contribution >= 4 is 11.9 Å². The van der Waals surface area contributed by atoms with E-state index in [1.54, 1.807) is 12.1 Å². The summed E-state index contributed by atoms with van der Waals surface area (Å²) < 4.78 is 4.79. The highest BCUT2D eigenvalue weighted by molar-refractivity contribution is 5.89. The Bertz CT molecular complexity index is 1220. The molecule has 0 saturated carbocycles. The molecule has 0 aliphatic rings. The molecular weight excluding hydrogens is 470 g/mol. The highest BCUT2D eigenvalue weighted by Crippen LogP contribution is 2.16. The molecule has 0 aromatic heterocycles. The number of hydrogen-bond donors (Lipinski definition) is 0. The fourth-order valence-corrected chi connectivity index (χ4v) is 4.19. The number of unbranched alkanes of at least 4 members (excludes halogenated alkanes) is 3. The average Bonchev–Trinajstić information content (AvgIpc) is 2.96. The number of methoxy groups -OCH3 is 1. The van der Waals surface area contributed by atoms with E-state index in [4.69, 9.17) is 4.74 Å². The summed E-state index contributed by atoms with van der Waals surface area (Å²) in [7, 11) is 1.37. The maximum atomic E-state index is 13.1. The van der Waals surface area contributed by atoms with Gasteiger partial charge in [0.05, 0.1) is 12.7 Å². The predicted molar refractivity (Wildman–Crippen MR) is 154 cm³/mol. The largest absolute Gasteiger partial charge is 0.465 e. The molecule has 0 unspecified atom stereocenters. The first-order valence-corrected chi connectivity index (χ1v) is 13.7. The normalized spacial score (nSPS) is 10.4. The minimum atomic E-state index is -0.365. The molecule has 0 bridgehead atoms. The Morgan fingerprint density at radius 3 is 1.68 bits per heavy atom. The maximum Gasteiger partial charge on any atom is 0.337 e. The Kier molecular flexibility index (Phi) is 11.7. The summed E-state index contributed by atoms with van der Waals surface area (Å²) in [4.78, 5) is 26.7. The van der Waals surface area contributed by atoms with Crippen LogP contribution in [-0.4, -0.2) is 23.9 Å². The van der Waals surface area contributed by atoms with Gasteiger partial charge in [0.1, 0.15) is 0 Å². The van der Waals surface area contributed by atoms with Crippen LogP contribution in [0.15, 0.2) is 72.8 Å². The van der Waals surface area contributed by atoms with Crippen LogP contribution < -0.4 is 0 Å². The second-order valence-electron chi connectivity index (χ2n) is 9.64. The maximum absolute atomic E-state index is 13.1. The van der Waals surface area contributed by atoms with Crippen molar-refractivity contribution in [3.8, 4) is 11.8 Å². The van der Waals surface area contributed by atoms with E-state index in [0.717, 1.165) is 47.9 Å². The Morgan fingerprint density at radius 2 is 1.18 bits per heavy atom. The highest BCUT2D eigenvalue weighted by Gasteiger charge is 2.15. The van der Waals surface area contributed by atoms with Crippen molar-refractivity contribution in [2.75, 3.05) is 7.11 Å². The second kappa shape index (κ2) is 15.4. The van der Waals surface area contributed by atoms with E-state index in [2.05, 4.69) is 50.0 Å². The van der Waals surface area contributed by atoms with E-state index in [1.165, 1.54) is 25.5 Å². The van der Waals surface area contributed by atoms with Gasteiger partial charge in [-0.3, -0.25) is 4.79 Å². The van der Waals surface area contributed by atoms with Crippen molar-refractivity contribution in [3.05, 3.63) is 106 Å². The van der Waals surface area contributed by atoms with E-state index in [-0.39, 0.29) is 11.9 Å².